The topological polar surface area (TPSA) is 58.5 Å². The molecule has 0 fully saturated rings. The lowest BCUT2D eigenvalue weighted by molar-refractivity contribution is 0.584. The maximum absolute atomic E-state index is 12.1. The van der Waals surface area contributed by atoms with E-state index in [-0.39, 0.29) is 4.90 Å². The summed E-state index contributed by atoms with van der Waals surface area (Å²) in [6.07, 6.45) is 3.63. The first kappa shape index (κ1) is 16.0. The van der Waals surface area contributed by atoms with Crippen molar-refractivity contribution in [3.63, 3.8) is 0 Å². The van der Waals surface area contributed by atoms with Crippen molar-refractivity contribution < 1.29 is 8.42 Å². The zero-order chi connectivity index (χ0) is 16.0. The fraction of sp³-hybridized carbons (Fsp3) is 0.118. The number of nitrogens with zero attached hydrogens (tertiary/aromatic N) is 1. The Morgan fingerprint density at radius 2 is 1.68 bits per heavy atom. The highest BCUT2D eigenvalue weighted by Gasteiger charge is 2.11. The van der Waals surface area contributed by atoms with E-state index < -0.39 is 10.0 Å². The first-order chi connectivity index (χ1) is 10.5. The number of hydrogen-bond acceptors (Lipinski definition) is 3. The molecule has 0 atom stereocenters. The van der Waals surface area contributed by atoms with Gasteiger partial charge >= 0.3 is 0 Å². The van der Waals surface area contributed by atoms with Gasteiger partial charge in [-0.3, -0.25) is 0 Å². The molecule has 114 valence electrons. The van der Waals surface area contributed by atoms with Gasteiger partial charge in [-0.1, -0.05) is 54.1 Å². The average Bonchev–Trinajstić information content (AvgIpc) is 2.52. The van der Waals surface area contributed by atoms with Crippen LogP contribution in [-0.2, 0) is 10.0 Å². The van der Waals surface area contributed by atoms with E-state index in [1.165, 1.54) is 0 Å². The van der Waals surface area contributed by atoms with E-state index in [4.69, 9.17) is 0 Å². The number of hydrogen-bond donors (Lipinski definition) is 1. The molecular weight excluding hydrogens is 296 g/mol. The van der Waals surface area contributed by atoms with Crippen LogP contribution in [0.1, 0.15) is 18.1 Å². The molecule has 0 unspecified atom stereocenters. The zero-order valence-corrected chi connectivity index (χ0v) is 13.3. The van der Waals surface area contributed by atoms with Crippen LogP contribution in [0.15, 0.2) is 70.7 Å². The molecule has 22 heavy (non-hydrogen) atoms. The SMILES string of the molecule is CC(/C=C\c1ccccc1)=N/NS(=O)(=O)c1ccc(C)cc1. The number of allylic oxidation sites excluding steroid dienone is 1. The van der Waals surface area contributed by atoms with E-state index in [0.717, 1.165) is 11.1 Å². The minimum atomic E-state index is -3.63. The summed E-state index contributed by atoms with van der Waals surface area (Å²) in [6, 6.07) is 16.3. The maximum Gasteiger partial charge on any atom is 0.276 e. The normalized spacial score (nSPS) is 12.5. The van der Waals surface area contributed by atoms with E-state index in [1.54, 1.807) is 37.3 Å². The Labute approximate surface area is 131 Å². The van der Waals surface area contributed by atoms with Gasteiger partial charge in [0.2, 0.25) is 0 Å². The van der Waals surface area contributed by atoms with Crippen LogP contribution in [0.25, 0.3) is 6.08 Å². The highest BCUT2D eigenvalue weighted by atomic mass is 32.2. The molecule has 0 saturated carbocycles. The van der Waals surface area contributed by atoms with Crippen molar-refractivity contribution in [2.45, 2.75) is 18.7 Å². The van der Waals surface area contributed by atoms with Crippen LogP contribution in [0.3, 0.4) is 0 Å². The number of sulfonamides is 1. The van der Waals surface area contributed by atoms with Crippen LogP contribution in [0.5, 0.6) is 0 Å². The summed E-state index contributed by atoms with van der Waals surface area (Å²) in [6.45, 7) is 3.64. The molecule has 2 rings (SSSR count). The van der Waals surface area contributed by atoms with Crippen molar-refractivity contribution in [3.8, 4) is 0 Å². The smallest absolute Gasteiger partial charge is 0.200 e. The van der Waals surface area contributed by atoms with Gasteiger partial charge in [0, 0.05) is 0 Å². The van der Waals surface area contributed by atoms with E-state index in [9.17, 15) is 8.42 Å². The van der Waals surface area contributed by atoms with Gasteiger partial charge in [-0.05, 0) is 37.6 Å². The summed E-state index contributed by atoms with van der Waals surface area (Å²) < 4.78 is 24.2. The molecule has 0 heterocycles. The molecule has 2 aromatic rings. The van der Waals surface area contributed by atoms with Crippen LogP contribution in [0, 0.1) is 6.92 Å². The quantitative estimate of drug-likeness (QED) is 0.679. The Morgan fingerprint density at radius 1 is 1.05 bits per heavy atom. The van der Waals surface area contributed by atoms with Crippen molar-refractivity contribution in [1.29, 1.82) is 0 Å². The van der Waals surface area contributed by atoms with E-state index in [1.807, 2.05) is 43.3 Å². The standard InChI is InChI=1S/C17H18N2O2S/c1-14-8-12-17(13-9-14)22(20,21)19-18-15(2)10-11-16-6-4-3-5-7-16/h3-13,19H,1-2H3/b11-10-,18-15-. The van der Waals surface area contributed by atoms with Gasteiger partial charge in [-0.15, -0.1) is 0 Å². The first-order valence-corrected chi connectivity index (χ1v) is 8.31. The lowest BCUT2D eigenvalue weighted by atomic mass is 10.2. The molecule has 0 amide bonds. The van der Waals surface area contributed by atoms with Gasteiger partial charge in [0.05, 0.1) is 10.6 Å². The Kier molecular flexibility index (Phi) is 5.12. The Hall–Kier alpha value is -2.40. The fourth-order valence-electron chi connectivity index (χ4n) is 1.72. The van der Waals surface area contributed by atoms with Crippen molar-refractivity contribution in [2.75, 3.05) is 0 Å². The molecule has 0 spiro atoms. The maximum atomic E-state index is 12.1. The largest absolute Gasteiger partial charge is 0.276 e. The molecule has 0 aliphatic carbocycles. The number of hydrazone groups is 1. The number of aryl methyl sites for hydroxylation is 1. The highest BCUT2D eigenvalue weighted by molar-refractivity contribution is 7.89. The highest BCUT2D eigenvalue weighted by Crippen LogP contribution is 2.09. The number of benzene rings is 2. The lowest BCUT2D eigenvalue weighted by Crippen LogP contribution is -2.19. The number of rotatable bonds is 5. The summed E-state index contributed by atoms with van der Waals surface area (Å²) in [7, 11) is -3.63. The lowest BCUT2D eigenvalue weighted by Gasteiger charge is -2.04. The van der Waals surface area contributed by atoms with Gasteiger partial charge < -0.3 is 0 Å². The predicted molar refractivity (Wildman–Crippen MR) is 90.1 cm³/mol. The van der Waals surface area contributed by atoms with Crippen LogP contribution >= 0.6 is 0 Å². The minimum absolute atomic E-state index is 0.196. The van der Waals surface area contributed by atoms with Gasteiger partial charge in [-0.25, -0.2) is 0 Å². The monoisotopic (exact) mass is 314 g/mol. The van der Waals surface area contributed by atoms with Crippen molar-refractivity contribution in [1.82, 2.24) is 4.83 Å². The van der Waals surface area contributed by atoms with Crippen LogP contribution in [0.4, 0.5) is 0 Å². The van der Waals surface area contributed by atoms with Crippen LogP contribution in [-0.4, -0.2) is 14.1 Å². The fourth-order valence-corrected chi connectivity index (χ4v) is 2.58. The average molecular weight is 314 g/mol. The summed E-state index contributed by atoms with van der Waals surface area (Å²) in [5.41, 5.74) is 2.60. The molecule has 4 nitrogen and oxygen atoms in total. The molecule has 0 saturated heterocycles. The van der Waals surface area contributed by atoms with Crippen molar-refractivity contribution in [3.05, 3.63) is 71.8 Å². The molecule has 0 bridgehead atoms. The molecule has 1 N–H and O–H groups in total. The second-order valence-corrected chi connectivity index (χ2v) is 6.57. The summed E-state index contributed by atoms with van der Waals surface area (Å²) in [5, 5.41) is 3.90. The van der Waals surface area contributed by atoms with Crippen molar-refractivity contribution in [2.24, 2.45) is 5.10 Å². The molecule has 0 aliphatic rings. The second-order valence-electron chi connectivity index (χ2n) is 4.90. The zero-order valence-electron chi connectivity index (χ0n) is 12.5. The third kappa shape index (κ3) is 4.56. The number of nitrogens with one attached hydrogen (secondary N) is 1. The Bertz CT molecular complexity index is 777. The molecule has 0 radical (unpaired) electrons. The molecule has 0 aliphatic heterocycles. The van der Waals surface area contributed by atoms with Crippen molar-refractivity contribution >= 4 is 21.8 Å². The summed E-state index contributed by atoms with van der Waals surface area (Å²) in [5.74, 6) is 0. The van der Waals surface area contributed by atoms with Gasteiger partial charge in [0.25, 0.3) is 10.0 Å². The summed E-state index contributed by atoms with van der Waals surface area (Å²) in [4.78, 5) is 2.44. The first-order valence-electron chi connectivity index (χ1n) is 6.83. The molecular formula is C17H18N2O2S. The van der Waals surface area contributed by atoms with Gasteiger partial charge in [-0.2, -0.15) is 18.4 Å². The third-order valence-corrected chi connectivity index (χ3v) is 4.21. The minimum Gasteiger partial charge on any atom is -0.200 e. The molecule has 2 aromatic carbocycles. The summed E-state index contributed by atoms with van der Waals surface area (Å²) >= 11 is 0. The van der Waals surface area contributed by atoms with Crippen LogP contribution in [0.2, 0.25) is 0 Å². The van der Waals surface area contributed by atoms with E-state index >= 15 is 0 Å². The molecule has 5 heteroatoms. The Balaban J connectivity index is 2.06. The van der Waals surface area contributed by atoms with E-state index in [2.05, 4.69) is 9.93 Å². The third-order valence-electron chi connectivity index (χ3n) is 2.99. The second kappa shape index (κ2) is 7.04. The van der Waals surface area contributed by atoms with Gasteiger partial charge in [0.1, 0.15) is 0 Å². The molecule has 0 aromatic heterocycles. The van der Waals surface area contributed by atoms with Crippen LogP contribution < -0.4 is 4.83 Å². The Morgan fingerprint density at radius 3 is 2.32 bits per heavy atom. The predicted octanol–water partition coefficient (Wildman–Crippen LogP) is 3.36. The van der Waals surface area contributed by atoms with E-state index in [0.29, 0.717) is 5.71 Å². The van der Waals surface area contributed by atoms with Gasteiger partial charge in [0.15, 0.2) is 0 Å².